The van der Waals surface area contributed by atoms with Crippen LogP contribution >= 0.6 is 0 Å². The molecule has 0 aliphatic rings. The van der Waals surface area contributed by atoms with E-state index in [4.69, 9.17) is 4.74 Å². The molecule has 1 heterocycles. The number of hydrogen-bond donors (Lipinski definition) is 1. The van der Waals surface area contributed by atoms with E-state index >= 15 is 0 Å². The number of aromatic nitrogens is 1. The highest BCUT2D eigenvalue weighted by molar-refractivity contribution is 6.05. The Labute approximate surface area is 181 Å². The topological polar surface area (TPSA) is 68.5 Å². The van der Waals surface area contributed by atoms with Crippen LogP contribution in [0.3, 0.4) is 0 Å². The lowest BCUT2D eigenvalue weighted by Gasteiger charge is -2.22. The number of aromatic hydroxyl groups is 1. The van der Waals surface area contributed by atoms with Crippen LogP contribution in [-0.2, 0) is 9.53 Å². The van der Waals surface area contributed by atoms with Crippen molar-refractivity contribution in [2.45, 2.75) is 46.1 Å². The number of benzene rings is 2. The predicted molar refractivity (Wildman–Crippen MR) is 109 cm³/mol. The first-order chi connectivity index (χ1) is 14.7. The highest BCUT2D eigenvalue weighted by Crippen LogP contribution is 2.39. The lowest BCUT2D eigenvalue weighted by Crippen LogP contribution is -2.27. The van der Waals surface area contributed by atoms with Crippen LogP contribution in [-0.4, -0.2) is 27.2 Å². The summed E-state index contributed by atoms with van der Waals surface area (Å²) in [5.41, 5.74) is -1.37. The average molecular weight is 451 g/mol. The van der Waals surface area contributed by atoms with Crippen molar-refractivity contribution in [3.63, 3.8) is 0 Å². The van der Waals surface area contributed by atoms with Crippen LogP contribution in [0, 0.1) is 30.2 Å². The minimum absolute atomic E-state index is 0.00187. The molecule has 0 bridgehead atoms. The van der Waals surface area contributed by atoms with Crippen molar-refractivity contribution in [3.05, 3.63) is 64.4 Å². The first-order valence-corrected chi connectivity index (χ1v) is 9.69. The van der Waals surface area contributed by atoms with Crippen LogP contribution in [0.2, 0.25) is 0 Å². The summed E-state index contributed by atoms with van der Waals surface area (Å²) in [4.78, 5) is 25.8. The van der Waals surface area contributed by atoms with E-state index < -0.39 is 52.4 Å². The van der Waals surface area contributed by atoms with E-state index in [1.807, 2.05) is 0 Å². The quantitative estimate of drug-likeness (QED) is 0.431. The van der Waals surface area contributed by atoms with Gasteiger partial charge in [0.25, 0.3) is 5.91 Å². The highest BCUT2D eigenvalue weighted by atomic mass is 19.2. The molecule has 1 N–H and O–H groups in total. The Morgan fingerprint density at radius 2 is 1.66 bits per heavy atom. The Morgan fingerprint density at radius 3 is 2.22 bits per heavy atom. The van der Waals surface area contributed by atoms with Gasteiger partial charge >= 0.3 is 5.97 Å². The highest BCUT2D eigenvalue weighted by Gasteiger charge is 2.33. The number of carbonyl (C=O) groups excluding carboxylic acids is 2. The maximum absolute atomic E-state index is 15.0. The van der Waals surface area contributed by atoms with Crippen molar-refractivity contribution in [3.8, 4) is 5.75 Å². The second-order valence-electron chi connectivity index (χ2n) is 8.44. The van der Waals surface area contributed by atoms with E-state index in [0.717, 1.165) is 22.8 Å². The number of halogens is 4. The summed E-state index contributed by atoms with van der Waals surface area (Å²) in [6.07, 6.45) is 0. The molecular formula is C23H21F4NO4. The van der Waals surface area contributed by atoms with Crippen molar-refractivity contribution in [1.82, 2.24) is 4.57 Å². The second-order valence-corrected chi connectivity index (χ2v) is 8.44. The minimum Gasteiger partial charge on any atom is -0.503 e. The van der Waals surface area contributed by atoms with Crippen LogP contribution in [0.4, 0.5) is 17.6 Å². The van der Waals surface area contributed by atoms with Gasteiger partial charge < -0.3 is 9.84 Å². The summed E-state index contributed by atoms with van der Waals surface area (Å²) >= 11 is 0. The maximum atomic E-state index is 15.0. The number of phenolic OH excluding ortho intramolecular Hbond substituents is 1. The summed E-state index contributed by atoms with van der Waals surface area (Å²) in [6, 6.07) is 3.17. The summed E-state index contributed by atoms with van der Waals surface area (Å²) in [5.74, 6) is -9.14. The Morgan fingerprint density at radius 1 is 1.03 bits per heavy atom. The predicted octanol–water partition coefficient (Wildman–Crippen LogP) is 5.35. The van der Waals surface area contributed by atoms with Gasteiger partial charge in [-0.25, -0.2) is 17.6 Å². The molecule has 0 saturated heterocycles. The zero-order valence-electron chi connectivity index (χ0n) is 18.0. The van der Waals surface area contributed by atoms with Crippen molar-refractivity contribution in [2.24, 2.45) is 0 Å². The molecule has 0 saturated carbocycles. The summed E-state index contributed by atoms with van der Waals surface area (Å²) in [6.45, 7) is 7.73. The zero-order valence-corrected chi connectivity index (χ0v) is 18.0. The number of carbonyl (C=O) groups is 2. The Bertz CT molecular complexity index is 1260. The fourth-order valence-corrected chi connectivity index (χ4v) is 3.57. The summed E-state index contributed by atoms with van der Waals surface area (Å²) in [7, 11) is 0. The van der Waals surface area contributed by atoms with E-state index in [1.165, 1.54) is 13.8 Å². The third-order valence-electron chi connectivity index (χ3n) is 4.97. The summed E-state index contributed by atoms with van der Waals surface area (Å²) in [5, 5.41) is 9.46. The molecule has 1 atom stereocenters. The maximum Gasteiger partial charge on any atom is 0.313 e. The molecule has 3 aromatic rings. The molecule has 3 rings (SSSR count). The first kappa shape index (κ1) is 23.3. The van der Waals surface area contributed by atoms with Crippen molar-refractivity contribution < 1.29 is 37.0 Å². The molecule has 0 aliphatic carbocycles. The van der Waals surface area contributed by atoms with E-state index in [-0.39, 0.29) is 27.7 Å². The average Bonchev–Trinajstić information content (AvgIpc) is 2.97. The third kappa shape index (κ3) is 3.94. The smallest absolute Gasteiger partial charge is 0.313 e. The van der Waals surface area contributed by atoms with Gasteiger partial charge in [-0.15, -0.1) is 0 Å². The molecule has 0 amide bonds. The molecule has 1 unspecified atom stereocenters. The largest absolute Gasteiger partial charge is 0.503 e. The van der Waals surface area contributed by atoms with Crippen molar-refractivity contribution >= 4 is 22.8 Å². The molecule has 170 valence electrons. The monoisotopic (exact) mass is 451 g/mol. The van der Waals surface area contributed by atoms with Gasteiger partial charge in [-0.1, -0.05) is 0 Å². The Balaban J connectivity index is 2.31. The van der Waals surface area contributed by atoms with Crippen LogP contribution in [0.25, 0.3) is 10.9 Å². The number of fused-ring (bicyclic) bond motifs is 1. The van der Waals surface area contributed by atoms with Crippen molar-refractivity contribution in [2.75, 3.05) is 0 Å². The van der Waals surface area contributed by atoms with Gasteiger partial charge in [0.2, 0.25) is 0 Å². The first-order valence-electron chi connectivity index (χ1n) is 9.69. The number of nitrogens with zero attached hydrogens (tertiary/aromatic N) is 1. The van der Waals surface area contributed by atoms with Gasteiger partial charge in [0.05, 0.1) is 11.4 Å². The van der Waals surface area contributed by atoms with E-state index in [0.29, 0.717) is 6.07 Å². The standard InChI is InChI=1S/C23H21F4NO4/c1-10(22(31)32-23(3,4)5)17-11(2)28(16-9-15(26)20(29)19(27)18(16)17)21(30)12-6-7-13(24)14(25)8-12/h6-10,29H,1-5H3. The SMILES string of the molecule is Cc1c(C(C)C(=O)OC(C)(C)C)c2c(F)c(O)c(F)cc2n1C(=O)c1ccc(F)c(F)c1. The Kier molecular flexibility index (Phi) is 5.80. The summed E-state index contributed by atoms with van der Waals surface area (Å²) < 4.78 is 62.4. The lowest BCUT2D eigenvalue weighted by atomic mass is 9.97. The van der Waals surface area contributed by atoms with Crippen molar-refractivity contribution in [1.29, 1.82) is 0 Å². The molecule has 5 nitrogen and oxygen atoms in total. The van der Waals surface area contributed by atoms with E-state index in [9.17, 15) is 32.3 Å². The fraction of sp³-hybridized carbons (Fsp3) is 0.304. The third-order valence-corrected chi connectivity index (χ3v) is 4.97. The fourth-order valence-electron chi connectivity index (χ4n) is 3.57. The van der Waals surface area contributed by atoms with Gasteiger partial charge in [-0.05, 0) is 58.4 Å². The molecule has 0 fully saturated rings. The number of rotatable bonds is 3. The molecule has 1 aromatic heterocycles. The number of hydrogen-bond acceptors (Lipinski definition) is 4. The number of esters is 1. The van der Waals surface area contributed by atoms with Crippen LogP contribution in [0.5, 0.6) is 5.75 Å². The number of phenols is 1. The molecule has 0 radical (unpaired) electrons. The molecule has 0 aliphatic heterocycles. The van der Waals surface area contributed by atoms with Crippen LogP contribution < -0.4 is 0 Å². The molecule has 32 heavy (non-hydrogen) atoms. The second kappa shape index (κ2) is 7.96. The number of ether oxygens (including phenoxy) is 1. The van der Waals surface area contributed by atoms with Gasteiger partial charge in [0.15, 0.2) is 29.0 Å². The molecule has 2 aromatic carbocycles. The van der Waals surface area contributed by atoms with Gasteiger partial charge in [-0.3, -0.25) is 14.2 Å². The van der Waals surface area contributed by atoms with Crippen LogP contribution in [0.15, 0.2) is 24.3 Å². The van der Waals surface area contributed by atoms with Crippen LogP contribution in [0.1, 0.15) is 55.2 Å². The Hall–Kier alpha value is -3.36. The minimum atomic E-state index is -1.36. The van der Waals surface area contributed by atoms with E-state index in [2.05, 4.69) is 0 Å². The van der Waals surface area contributed by atoms with Gasteiger partial charge in [-0.2, -0.15) is 0 Å². The van der Waals surface area contributed by atoms with Gasteiger partial charge in [0.1, 0.15) is 5.60 Å². The van der Waals surface area contributed by atoms with Gasteiger partial charge in [0, 0.05) is 22.7 Å². The normalized spacial score (nSPS) is 12.8. The zero-order chi connectivity index (χ0) is 24.1. The lowest BCUT2D eigenvalue weighted by molar-refractivity contribution is -0.156. The molecule has 9 heteroatoms. The molecular weight excluding hydrogens is 430 g/mol. The van der Waals surface area contributed by atoms with E-state index in [1.54, 1.807) is 20.8 Å². The molecule has 0 spiro atoms.